The molecule has 1 unspecified atom stereocenters. The van der Waals surface area contributed by atoms with Crippen molar-refractivity contribution in [2.45, 2.75) is 17.9 Å². The summed E-state index contributed by atoms with van der Waals surface area (Å²) in [5.41, 5.74) is 0. The molecule has 0 aliphatic rings. The molecule has 0 aliphatic carbocycles. The number of hydrogen-bond donors (Lipinski definition) is 1. The summed E-state index contributed by atoms with van der Waals surface area (Å²) in [5.74, 6) is 0. The minimum Gasteiger partial charge on any atom is -0.207 e. The molecule has 7 heteroatoms. The van der Waals surface area contributed by atoms with Crippen molar-refractivity contribution in [1.29, 1.82) is 0 Å². The topological polar surface area (TPSA) is 46.2 Å². The van der Waals surface area contributed by atoms with E-state index in [4.69, 9.17) is 0 Å². The van der Waals surface area contributed by atoms with Gasteiger partial charge in [-0.15, -0.1) is 0 Å². The van der Waals surface area contributed by atoms with Gasteiger partial charge in [0.2, 0.25) is 10.0 Å². The van der Waals surface area contributed by atoms with E-state index in [0.717, 1.165) is 4.47 Å². The Morgan fingerprint density at radius 2 is 2.00 bits per heavy atom. The summed E-state index contributed by atoms with van der Waals surface area (Å²) < 4.78 is 27.8. The molecule has 0 spiro atoms. The van der Waals surface area contributed by atoms with E-state index in [1.165, 1.54) is 0 Å². The Hall–Kier alpha value is 0.570. The van der Waals surface area contributed by atoms with Crippen LogP contribution in [-0.4, -0.2) is 19.8 Å². The quantitative estimate of drug-likeness (QED) is 0.738. The van der Waals surface area contributed by atoms with Crippen molar-refractivity contribution < 1.29 is 8.42 Å². The molecular weight excluding hydrogens is 426 g/mol. The molecule has 1 N–H and O–H groups in total. The zero-order chi connectivity index (χ0) is 12.3. The van der Waals surface area contributed by atoms with Gasteiger partial charge in [0, 0.05) is 20.3 Å². The average Bonchev–Trinajstić information content (AvgIpc) is 2.20. The Bertz CT molecular complexity index is 476. The molecule has 3 nitrogen and oxygen atoms in total. The first-order valence-electron chi connectivity index (χ1n) is 4.40. The molecule has 0 heterocycles. The third-order valence-electron chi connectivity index (χ3n) is 1.77. The van der Waals surface area contributed by atoms with Gasteiger partial charge in [0.05, 0.1) is 4.90 Å². The Balaban J connectivity index is 3.12. The van der Waals surface area contributed by atoms with E-state index in [1.54, 1.807) is 25.1 Å². The molecule has 90 valence electrons. The second kappa shape index (κ2) is 5.95. The van der Waals surface area contributed by atoms with Gasteiger partial charge >= 0.3 is 0 Å². The van der Waals surface area contributed by atoms with Crippen molar-refractivity contribution in [1.82, 2.24) is 4.72 Å². The van der Waals surface area contributed by atoms with Gasteiger partial charge in [-0.05, 0) is 41.1 Å². The van der Waals surface area contributed by atoms with Gasteiger partial charge in [-0.1, -0.05) is 31.9 Å². The van der Waals surface area contributed by atoms with Gasteiger partial charge in [-0.25, -0.2) is 13.1 Å². The number of rotatable bonds is 4. The van der Waals surface area contributed by atoms with Crippen molar-refractivity contribution in [2.24, 2.45) is 0 Å². The highest BCUT2D eigenvalue weighted by Gasteiger charge is 2.19. The van der Waals surface area contributed by atoms with Crippen molar-refractivity contribution in [3.8, 4) is 0 Å². The van der Waals surface area contributed by atoms with E-state index in [0.29, 0.717) is 9.80 Å². The lowest BCUT2D eigenvalue weighted by Gasteiger charge is -2.12. The summed E-state index contributed by atoms with van der Waals surface area (Å²) in [4.78, 5) is 0.231. The Labute approximate surface area is 120 Å². The Kier molecular flexibility index (Phi) is 5.44. The van der Waals surface area contributed by atoms with Crippen molar-refractivity contribution >= 4 is 57.8 Å². The maximum absolute atomic E-state index is 12.0. The van der Waals surface area contributed by atoms with Crippen LogP contribution in [0.1, 0.15) is 6.92 Å². The van der Waals surface area contributed by atoms with Crippen LogP contribution in [0.3, 0.4) is 0 Å². The Morgan fingerprint density at radius 3 is 2.56 bits per heavy atom. The fourth-order valence-electron chi connectivity index (χ4n) is 1.04. The summed E-state index contributed by atoms with van der Waals surface area (Å²) in [6, 6.07) is 4.87. The molecule has 0 saturated heterocycles. The molecule has 1 rings (SSSR count). The van der Waals surface area contributed by atoms with E-state index in [-0.39, 0.29) is 10.9 Å². The van der Waals surface area contributed by atoms with E-state index in [1.807, 2.05) is 0 Å². The first kappa shape index (κ1) is 14.6. The number of hydrogen-bond acceptors (Lipinski definition) is 2. The third kappa shape index (κ3) is 3.80. The number of nitrogens with one attached hydrogen (secondary N) is 1. The zero-order valence-corrected chi connectivity index (χ0v) is 13.9. The molecule has 0 aliphatic heterocycles. The minimum atomic E-state index is -3.48. The van der Waals surface area contributed by atoms with Gasteiger partial charge in [0.1, 0.15) is 0 Å². The van der Waals surface area contributed by atoms with Crippen LogP contribution in [0.15, 0.2) is 32.0 Å². The number of alkyl halides is 1. The molecule has 1 aromatic carbocycles. The zero-order valence-electron chi connectivity index (χ0n) is 8.38. The van der Waals surface area contributed by atoms with Crippen LogP contribution in [0.4, 0.5) is 0 Å². The number of benzene rings is 1. The highest BCUT2D eigenvalue weighted by atomic mass is 79.9. The lowest BCUT2D eigenvalue weighted by Crippen LogP contribution is -2.33. The van der Waals surface area contributed by atoms with Crippen LogP contribution in [-0.2, 0) is 10.0 Å². The second-order valence-electron chi connectivity index (χ2n) is 3.25. The summed E-state index contributed by atoms with van der Waals surface area (Å²) >= 11 is 9.70. The smallest absolute Gasteiger partial charge is 0.207 e. The van der Waals surface area contributed by atoms with Crippen LogP contribution in [0.25, 0.3) is 0 Å². The first-order valence-corrected chi connectivity index (χ1v) is 8.59. The minimum absolute atomic E-state index is 0.157. The maximum atomic E-state index is 12.0. The second-order valence-corrected chi connectivity index (χ2v) is 7.35. The van der Waals surface area contributed by atoms with Crippen molar-refractivity contribution in [3.63, 3.8) is 0 Å². The normalized spacial score (nSPS) is 13.8. The lowest BCUT2D eigenvalue weighted by atomic mass is 10.4. The van der Waals surface area contributed by atoms with Crippen LogP contribution in [0, 0.1) is 0 Å². The predicted octanol–water partition coefficient (Wildman–Crippen LogP) is 3.27. The molecule has 0 amide bonds. The van der Waals surface area contributed by atoms with Crippen LogP contribution >= 0.6 is 47.8 Å². The first-order chi connectivity index (χ1) is 7.36. The molecule has 0 saturated carbocycles. The maximum Gasteiger partial charge on any atom is 0.241 e. The lowest BCUT2D eigenvalue weighted by molar-refractivity contribution is 0.571. The highest BCUT2D eigenvalue weighted by Crippen LogP contribution is 2.25. The summed E-state index contributed by atoms with van der Waals surface area (Å²) in [6.45, 7) is 1.79. The molecule has 0 bridgehead atoms. The van der Waals surface area contributed by atoms with Gasteiger partial charge in [-0.3, -0.25) is 0 Å². The van der Waals surface area contributed by atoms with Gasteiger partial charge in [-0.2, -0.15) is 0 Å². The summed E-state index contributed by atoms with van der Waals surface area (Å²) in [6.07, 6.45) is 0. The van der Waals surface area contributed by atoms with Crippen LogP contribution < -0.4 is 4.72 Å². The average molecular weight is 436 g/mol. The van der Waals surface area contributed by atoms with Gasteiger partial charge in [0.15, 0.2) is 0 Å². The fourth-order valence-corrected chi connectivity index (χ4v) is 4.16. The molecule has 0 radical (unpaired) electrons. The monoisotopic (exact) mass is 433 g/mol. The van der Waals surface area contributed by atoms with E-state index in [9.17, 15) is 8.42 Å². The van der Waals surface area contributed by atoms with Crippen LogP contribution in [0.2, 0.25) is 0 Å². The van der Waals surface area contributed by atoms with Crippen LogP contribution in [0.5, 0.6) is 0 Å². The van der Waals surface area contributed by atoms with Crippen molar-refractivity contribution in [3.05, 3.63) is 27.1 Å². The number of halogens is 3. The van der Waals surface area contributed by atoms with Gasteiger partial charge < -0.3 is 0 Å². The van der Waals surface area contributed by atoms with E-state index >= 15 is 0 Å². The summed E-state index contributed by atoms with van der Waals surface area (Å²) in [7, 11) is -3.48. The molecule has 0 aromatic heterocycles. The molecule has 16 heavy (non-hydrogen) atoms. The molecular formula is C9H10Br3NO2S. The SMILES string of the molecule is CC(CBr)NS(=O)(=O)c1cc(Br)ccc1Br. The third-order valence-corrected chi connectivity index (χ3v) is 5.82. The van der Waals surface area contributed by atoms with E-state index in [2.05, 4.69) is 52.5 Å². The van der Waals surface area contributed by atoms with E-state index < -0.39 is 10.0 Å². The Morgan fingerprint density at radius 1 is 1.38 bits per heavy atom. The number of sulfonamides is 1. The highest BCUT2D eigenvalue weighted by molar-refractivity contribution is 9.11. The standard InChI is InChI=1S/C9H10Br3NO2S/c1-6(5-10)13-16(14,15)9-4-7(11)2-3-8(9)12/h2-4,6,13H,5H2,1H3. The molecule has 1 atom stereocenters. The molecule has 1 aromatic rings. The predicted molar refractivity (Wildman–Crippen MR) is 75.4 cm³/mol. The fraction of sp³-hybridized carbons (Fsp3) is 0.333. The summed E-state index contributed by atoms with van der Waals surface area (Å²) in [5, 5.41) is 0.567. The van der Waals surface area contributed by atoms with Gasteiger partial charge in [0.25, 0.3) is 0 Å². The largest absolute Gasteiger partial charge is 0.241 e. The molecule has 0 fully saturated rings. The van der Waals surface area contributed by atoms with Crippen molar-refractivity contribution in [2.75, 3.05) is 5.33 Å².